The average Bonchev–Trinajstić information content (AvgIpc) is 2.47. The van der Waals surface area contributed by atoms with E-state index in [0.717, 1.165) is 32.9 Å². The highest BCUT2D eigenvalue weighted by Gasteiger charge is 2.08. The quantitative estimate of drug-likeness (QED) is 0.772. The lowest BCUT2D eigenvalue weighted by atomic mass is 10.1. The van der Waals surface area contributed by atoms with Crippen molar-refractivity contribution in [3.05, 3.63) is 58.3 Å². The van der Waals surface area contributed by atoms with E-state index in [1.807, 2.05) is 18.2 Å². The third kappa shape index (κ3) is 5.02. The third-order valence-electron chi connectivity index (χ3n) is 2.99. The summed E-state index contributed by atoms with van der Waals surface area (Å²) in [5, 5.41) is 0. The van der Waals surface area contributed by atoms with Crippen LogP contribution in [0.15, 0.2) is 51.8 Å². The Morgan fingerprint density at radius 2 is 1.95 bits per heavy atom. The molecule has 112 valence electrons. The van der Waals surface area contributed by atoms with Gasteiger partial charge in [0.2, 0.25) is 0 Å². The summed E-state index contributed by atoms with van der Waals surface area (Å²) in [6.07, 6.45) is 0.788. The Morgan fingerprint density at radius 3 is 2.57 bits per heavy atom. The van der Waals surface area contributed by atoms with Gasteiger partial charge in [0.15, 0.2) is 0 Å². The maximum atomic E-state index is 12.8. The maximum absolute atomic E-state index is 12.8. The lowest BCUT2D eigenvalue weighted by Gasteiger charge is -2.12. The lowest BCUT2D eigenvalue weighted by Crippen LogP contribution is -2.25. The van der Waals surface area contributed by atoms with Crippen molar-refractivity contribution in [3.63, 3.8) is 0 Å². The SMILES string of the molecule is COc1ccc(CC(N)CSc2ccc(F)cc2)cc1Br. The van der Waals surface area contributed by atoms with Crippen LogP contribution in [0.3, 0.4) is 0 Å². The van der Waals surface area contributed by atoms with Crippen molar-refractivity contribution in [1.29, 1.82) is 0 Å². The molecule has 5 heteroatoms. The molecule has 0 aliphatic rings. The van der Waals surface area contributed by atoms with Gasteiger partial charge >= 0.3 is 0 Å². The first-order valence-corrected chi connectivity index (χ1v) is 8.32. The zero-order valence-corrected chi connectivity index (χ0v) is 14.1. The number of methoxy groups -OCH3 is 1. The minimum absolute atomic E-state index is 0.0420. The summed E-state index contributed by atoms with van der Waals surface area (Å²) in [7, 11) is 1.64. The molecule has 2 N–H and O–H groups in total. The highest BCUT2D eigenvalue weighted by Crippen LogP contribution is 2.26. The summed E-state index contributed by atoms with van der Waals surface area (Å²) in [5.74, 6) is 1.38. The van der Waals surface area contributed by atoms with Crippen molar-refractivity contribution in [2.75, 3.05) is 12.9 Å². The molecule has 1 atom stereocenters. The molecule has 2 rings (SSSR count). The molecule has 2 aromatic rings. The van der Waals surface area contributed by atoms with Gasteiger partial charge in [0.1, 0.15) is 11.6 Å². The van der Waals surface area contributed by atoms with Crippen LogP contribution in [0.5, 0.6) is 5.75 Å². The number of rotatable bonds is 6. The van der Waals surface area contributed by atoms with Gasteiger partial charge in [0, 0.05) is 16.7 Å². The predicted octanol–water partition coefficient (Wildman–Crippen LogP) is 4.26. The van der Waals surface area contributed by atoms with Gasteiger partial charge in [-0.2, -0.15) is 0 Å². The third-order valence-corrected chi connectivity index (χ3v) is 4.81. The Balaban J connectivity index is 1.88. The normalized spacial score (nSPS) is 12.2. The fourth-order valence-electron chi connectivity index (χ4n) is 1.93. The summed E-state index contributed by atoms with van der Waals surface area (Å²) in [6, 6.07) is 12.5. The van der Waals surface area contributed by atoms with Gasteiger partial charge in [-0.1, -0.05) is 6.07 Å². The molecule has 0 aliphatic heterocycles. The summed E-state index contributed by atoms with van der Waals surface area (Å²) >= 11 is 5.11. The molecule has 2 nitrogen and oxygen atoms in total. The molecule has 0 aromatic heterocycles. The smallest absolute Gasteiger partial charge is 0.133 e. The van der Waals surface area contributed by atoms with Gasteiger partial charge in [-0.25, -0.2) is 4.39 Å². The van der Waals surface area contributed by atoms with E-state index in [-0.39, 0.29) is 11.9 Å². The van der Waals surface area contributed by atoms with Crippen LogP contribution in [-0.2, 0) is 6.42 Å². The molecule has 0 spiro atoms. The number of ether oxygens (including phenoxy) is 1. The van der Waals surface area contributed by atoms with Gasteiger partial charge in [-0.3, -0.25) is 0 Å². The number of halogens is 2. The molecular formula is C16H17BrFNOS. The minimum atomic E-state index is -0.216. The van der Waals surface area contributed by atoms with E-state index in [0.29, 0.717) is 0 Å². The number of hydrogen-bond acceptors (Lipinski definition) is 3. The molecule has 1 unspecified atom stereocenters. The van der Waals surface area contributed by atoms with Crippen LogP contribution in [0.2, 0.25) is 0 Å². The van der Waals surface area contributed by atoms with E-state index in [1.165, 1.54) is 12.1 Å². The van der Waals surface area contributed by atoms with Crippen molar-refractivity contribution in [1.82, 2.24) is 0 Å². The van der Waals surface area contributed by atoms with E-state index in [4.69, 9.17) is 10.5 Å². The van der Waals surface area contributed by atoms with Gasteiger partial charge in [-0.05, 0) is 64.3 Å². The molecule has 2 aromatic carbocycles. The summed E-state index contributed by atoms with van der Waals surface area (Å²) < 4.78 is 19.0. The van der Waals surface area contributed by atoms with E-state index < -0.39 is 0 Å². The van der Waals surface area contributed by atoms with E-state index in [9.17, 15) is 4.39 Å². The van der Waals surface area contributed by atoms with Crippen LogP contribution in [0, 0.1) is 5.82 Å². The molecule has 21 heavy (non-hydrogen) atoms. The van der Waals surface area contributed by atoms with Crippen molar-refractivity contribution in [2.45, 2.75) is 17.4 Å². The highest BCUT2D eigenvalue weighted by molar-refractivity contribution is 9.10. The van der Waals surface area contributed by atoms with Crippen LogP contribution in [0.4, 0.5) is 4.39 Å². The lowest BCUT2D eigenvalue weighted by molar-refractivity contribution is 0.412. The average molecular weight is 370 g/mol. The van der Waals surface area contributed by atoms with Gasteiger partial charge in [0.05, 0.1) is 11.6 Å². The molecule has 0 fully saturated rings. The number of hydrogen-bond donors (Lipinski definition) is 1. The van der Waals surface area contributed by atoms with Gasteiger partial charge in [0.25, 0.3) is 0 Å². The summed E-state index contributed by atoms with van der Waals surface area (Å²) in [6.45, 7) is 0. The molecule has 0 aliphatic carbocycles. The van der Waals surface area contributed by atoms with Gasteiger partial charge in [-0.15, -0.1) is 11.8 Å². The first-order valence-electron chi connectivity index (χ1n) is 6.55. The number of thioether (sulfide) groups is 1. The Bertz CT molecular complexity index is 591. The van der Waals surface area contributed by atoms with Gasteiger partial charge < -0.3 is 10.5 Å². The minimum Gasteiger partial charge on any atom is -0.496 e. The van der Waals surface area contributed by atoms with Crippen LogP contribution >= 0.6 is 27.7 Å². The molecule has 0 saturated heterocycles. The van der Waals surface area contributed by atoms with Crippen LogP contribution in [0.25, 0.3) is 0 Å². The van der Waals surface area contributed by atoms with E-state index in [1.54, 1.807) is 31.0 Å². The molecule has 0 bridgehead atoms. The second kappa shape index (κ2) is 7.82. The summed E-state index contributed by atoms with van der Waals surface area (Å²) in [4.78, 5) is 1.03. The van der Waals surface area contributed by atoms with Crippen molar-refractivity contribution < 1.29 is 9.13 Å². The highest BCUT2D eigenvalue weighted by atomic mass is 79.9. The van der Waals surface area contributed by atoms with E-state index in [2.05, 4.69) is 15.9 Å². The standard InChI is InChI=1S/C16H17BrFNOS/c1-20-16-7-2-11(9-15(16)17)8-13(19)10-21-14-5-3-12(18)4-6-14/h2-7,9,13H,8,10,19H2,1H3. The van der Waals surface area contributed by atoms with Crippen LogP contribution in [-0.4, -0.2) is 18.9 Å². The second-order valence-electron chi connectivity index (χ2n) is 4.70. The monoisotopic (exact) mass is 369 g/mol. The Labute approximate surface area is 137 Å². The van der Waals surface area contributed by atoms with Crippen molar-refractivity contribution in [2.24, 2.45) is 5.73 Å². The molecular weight excluding hydrogens is 353 g/mol. The molecule has 0 heterocycles. The fraction of sp³-hybridized carbons (Fsp3) is 0.250. The molecule has 0 saturated carbocycles. The Hall–Kier alpha value is -1.04. The number of benzene rings is 2. The first-order chi connectivity index (χ1) is 10.1. The second-order valence-corrected chi connectivity index (χ2v) is 6.65. The molecule has 0 radical (unpaired) electrons. The van der Waals surface area contributed by atoms with Crippen molar-refractivity contribution in [3.8, 4) is 5.75 Å². The fourth-order valence-corrected chi connectivity index (χ4v) is 3.37. The zero-order valence-electron chi connectivity index (χ0n) is 11.7. The summed E-state index contributed by atoms with van der Waals surface area (Å²) in [5.41, 5.74) is 7.32. The predicted molar refractivity (Wildman–Crippen MR) is 89.5 cm³/mol. The zero-order chi connectivity index (χ0) is 15.2. The first kappa shape index (κ1) is 16.3. The topological polar surface area (TPSA) is 35.2 Å². The number of nitrogens with two attached hydrogens (primary N) is 1. The largest absolute Gasteiger partial charge is 0.496 e. The van der Waals surface area contributed by atoms with Crippen LogP contribution in [0.1, 0.15) is 5.56 Å². The van der Waals surface area contributed by atoms with Crippen molar-refractivity contribution >= 4 is 27.7 Å². The molecule has 0 amide bonds. The van der Waals surface area contributed by atoms with Crippen LogP contribution < -0.4 is 10.5 Å². The maximum Gasteiger partial charge on any atom is 0.133 e. The Kier molecular flexibility index (Phi) is 6.08. The Morgan fingerprint density at radius 1 is 1.24 bits per heavy atom. The van der Waals surface area contributed by atoms with E-state index >= 15 is 0 Å².